The summed E-state index contributed by atoms with van der Waals surface area (Å²) in [7, 11) is 0. The Bertz CT molecular complexity index is 553. The maximum absolute atomic E-state index is 12.1. The van der Waals surface area contributed by atoms with E-state index < -0.39 is 0 Å². The molecule has 1 heterocycles. The van der Waals surface area contributed by atoms with E-state index in [2.05, 4.69) is 10.3 Å². The maximum atomic E-state index is 12.1. The molecule has 0 aliphatic carbocycles. The number of carbonyl (C=O) groups is 1. The molecule has 0 saturated carbocycles. The molecule has 92 valence electrons. The molecular weight excluding hydrogens is 224 g/mol. The highest BCUT2D eigenvalue weighted by molar-refractivity contribution is 6.04. The molecule has 0 spiro atoms. The van der Waals surface area contributed by atoms with Crippen molar-refractivity contribution in [2.75, 3.05) is 5.32 Å². The van der Waals surface area contributed by atoms with Gasteiger partial charge in [0.05, 0.1) is 0 Å². The summed E-state index contributed by atoms with van der Waals surface area (Å²) in [6.45, 7) is 5.78. The van der Waals surface area contributed by atoms with Gasteiger partial charge in [-0.05, 0) is 45.0 Å². The number of hydrogen-bond acceptors (Lipinski definition) is 2. The highest BCUT2D eigenvalue weighted by atomic mass is 16.1. The van der Waals surface area contributed by atoms with E-state index in [-0.39, 0.29) is 5.91 Å². The van der Waals surface area contributed by atoms with Crippen LogP contribution in [0.4, 0.5) is 5.69 Å². The van der Waals surface area contributed by atoms with Gasteiger partial charge in [0.2, 0.25) is 0 Å². The van der Waals surface area contributed by atoms with Crippen molar-refractivity contribution in [2.24, 2.45) is 0 Å². The molecule has 0 bridgehead atoms. The molecule has 0 radical (unpaired) electrons. The van der Waals surface area contributed by atoms with Gasteiger partial charge in [0.1, 0.15) is 0 Å². The molecule has 1 amide bonds. The predicted octanol–water partition coefficient (Wildman–Crippen LogP) is 3.26. The number of carbonyl (C=O) groups excluding carboxylic acids is 1. The molecule has 0 saturated heterocycles. The van der Waals surface area contributed by atoms with E-state index in [0.29, 0.717) is 5.56 Å². The van der Waals surface area contributed by atoms with Crippen LogP contribution in [0.1, 0.15) is 27.3 Å². The average Bonchev–Trinajstić information content (AvgIpc) is 2.31. The van der Waals surface area contributed by atoms with Crippen molar-refractivity contribution in [3.63, 3.8) is 0 Å². The summed E-state index contributed by atoms with van der Waals surface area (Å²) >= 11 is 0. The largest absolute Gasteiger partial charge is 0.322 e. The van der Waals surface area contributed by atoms with Crippen molar-refractivity contribution < 1.29 is 4.79 Å². The van der Waals surface area contributed by atoms with Crippen LogP contribution in [-0.4, -0.2) is 10.9 Å². The lowest BCUT2D eigenvalue weighted by atomic mass is 10.1. The number of nitrogens with one attached hydrogen (secondary N) is 1. The van der Waals surface area contributed by atoms with Crippen molar-refractivity contribution in [3.8, 4) is 0 Å². The van der Waals surface area contributed by atoms with Gasteiger partial charge in [-0.25, -0.2) is 0 Å². The molecule has 3 heteroatoms. The summed E-state index contributed by atoms with van der Waals surface area (Å²) in [5, 5.41) is 2.87. The second-order valence-electron chi connectivity index (χ2n) is 4.46. The van der Waals surface area contributed by atoms with Gasteiger partial charge >= 0.3 is 0 Å². The molecule has 2 aromatic rings. The van der Waals surface area contributed by atoms with Crippen molar-refractivity contribution in [3.05, 3.63) is 58.9 Å². The second kappa shape index (κ2) is 5.00. The summed E-state index contributed by atoms with van der Waals surface area (Å²) < 4.78 is 0. The molecule has 1 aromatic heterocycles. The van der Waals surface area contributed by atoms with Gasteiger partial charge in [0.15, 0.2) is 0 Å². The van der Waals surface area contributed by atoms with Gasteiger partial charge in [-0.1, -0.05) is 17.7 Å². The molecule has 1 N–H and O–H groups in total. The fraction of sp³-hybridized carbons (Fsp3) is 0.200. The summed E-state index contributed by atoms with van der Waals surface area (Å²) in [4.78, 5) is 16.3. The Balaban J connectivity index is 2.19. The van der Waals surface area contributed by atoms with Gasteiger partial charge in [0.25, 0.3) is 5.91 Å². The fourth-order valence-corrected chi connectivity index (χ4v) is 1.81. The first-order chi connectivity index (χ1) is 8.54. The lowest BCUT2D eigenvalue weighted by Gasteiger charge is -2.07. The minimum absolute atomic E-state index is 0.104. The van der Waals surface area contributed by atoms with Crippen molar-refractivity contribution in [2.45, 2.75) is 20.8 Å². The lowest BCUT2D eigenvalue weighted by Crippen LogP contribution is -2.12. The first-order valence-electron chi connectivity index (χ1n) is 5.88. The van der Waals surface area contributed by atoms with Crippen LogP contribution in [-0.2, 0) is 0 Å². The third-order valence-electron chi connectivity index (χ3n) is 2.65. The molecule has 0 atom stereocenters. The first-order valence-corrected chi connectivity index (χ1v) is 5.88. The Labute approximate surface area is 107 Å². The summed E-state index contributed by atoms with van der Waals surface area (Å²) in [5.74, 6) is -0.104. The van der Waals surface area contributed by atoms with Crippen molar-refractivity contribution in [1.29, 1.82) is 0 Å². The third-order valence-corrected chi connectivity index (χ3v) is 2.65. The van der Waals surface area contributed by atoms with Crippen molar-refractivity contribution in [1.82, 2.24) is 4.98 Å². The van der Waals surface area contributed by atoms with Crippen LogP contribution in [0.5, 0.6) is 0 Å². The quantitative estimate of drug-likeness (QED) is 0.875. The zero-order valence-corrected chi connectivity index (χ0v) is 10.8. The molecule has 0 fully saturated rings. The van der Waals surface area contributed by atoms with E-state index in [4.69, 9.17) is 0 Å². The Morgan fingerprint density at radius 1 is 1.00 bits per heavy atom. The number of amides is 1. The van der Waals surface area contributed by atoms with Crippen LogP contribution in [0.2, 0.25) is 0 Å². The number of aryl methyl sites for hydroxylation is 3. The highest BCUT2D eigenvalue weighted by Crippen LogP contribution is 2.12. The molecule has 1 aromatic carbocycles. The van der Waals surface area contributed by atoms with E-state index in [1.54, 1.807) is 12.1 Å². The molecule has 18 heavy (non-hydrogen) atoms. The van der Waals surface area contributed by atoms with E-state index in [9.17, 15) is 4.79 Å². The first kappa shape index (κ1) is 12.3. The Kier molecular flexibility index (Phi) is 3.42. The van der Waals surface area contributed by atoms with Gasteiger partial charge < -0.3 is 5.32 Å². The maximum Gasteiger partial charge on any atom is 0.255 e. The monoisotopic (exact) mass is 240 g/mol. The summed E-state index contributed by atoms with van der Waals surface area (Å²) in [6.07, 6.45) is 0. The Morgan fingerprint density at radius 2 is 1.56 bits per heavy atom. The van der Waals surface area contributed by atoms with Gasteiger partial charge in [-0.3, -0.25) is 9.78 Å². The normalized spacial score (nSPS) is 10.2. The zero-order valence-electron chi connectivity index (χ0n) is 10.8. The number of nitrogens with zero attached hydrogens (tertiary/aromatic N) is 1. The molecule has 0 aliphatic heterocycles. The van der Waals surface area contributed by atoms with Crippen LogP contribution >= 0.6 is 0 Å². The Morgan fingerprint density at radius 3 is 2.11 bits per heavy atom. The van der Waals surface area contributed by atoms with E-state index >= 15 is 0 Å². The smallest absolute Gasteiger partial charge is 0.255 e. The minimum Gasteiger partial charge on any atom is -0.322 e. The predicted molar refractivity (Wildman–Crippen MR) is 72.8 cm³/mol. The topological polar surface area (TPSA) is 42.0 Å². The number of aromatic nitrogens is 1. The van der Waals surface area contributed by atoms with E-state index in [1.807, 2.05) is 45.0 Å². The number of hydrogen-bond donors (Lipinski definition) is 1. The average molecular weight is 240 g/mol. The van der Waals surface area contributed by atoms with Crippen molar-refractivity contribution >= 4 is 11.6 Å². The van der Waals surface area contributed by atoms with E-state index in [1.165, 1.54) is 5.56 Å². The Hall–Kier alpha value is -2.16. The van der Waals surface area contributed by atoms with Gasteiger partial charge in [-0.15, -0.1) is 0 Å². The van der Waals surface area contributed by atoms with Crippen LogP contribution < -0.4 is 5.32 Å². The third kappa shape index (κ3) is 2.94. The van der Waals surface area contributed by atoms with Gasteiger partial charge in [-0.2, -0.15) is 0 Å². The summed E-state index contributed by atoms with van der Waals surface area (Å²) in [5.41, 5.74) is 4.31. The van der Waals surface area contributed by atoms with E-state index in [0.717, 1.165) is 17.1 Å². The fourth-order valence-electron chi connectivity index (χ4n) is 1.81. The second-order valence-corrected chi connectivity index (χ2v) is 4.46. The van der Waals surface area contributed by atoms with Crippen LogP contribution in [0.25, 0.3) is 0 Å². The van der Waals surface area contributed by atoms with Crippen LogP contribution in [0.3, 0.4) is 0 Å². The number of rotatable bonds is 2. The standard InChI is InChI=1S/C15H16N2O/c1-10-4-6-14(7-5-10)17-15(18)13-8-11(2)16-12(3)9-13/h4-9H,1-3H3,(H,17,18). The van der Waals surface area contributed by atoms with Gasteiger partial charge in [0, 0.05) is 22.6 Å². The molecule has 3 nitrogen and oxygen atoms in total. The molecule has 0 unspecified atom stereocenters. The number of pyridine rings is 1. The number of anilines is 1. The van der Waals surface area contributed by atoms with Crippen LogP contribution in [0.15, 0.2) is 36.4 Å². The zero-order chi connectivity index (χ0) is 13.1. The SMILES string of the molecule is Cc1ccc(NC(=O)c2cc(C)nc(C)c2)cc1. The number of benzene rings is 1. The molecular formula is C15H16N2O. The molecule has 2 rings (SSSR count). The molecule has 0 aliphatic rings. The lowest BCUT2D eigenvalue weighted by molar-refractivity contribution is 0.102. The highest BCUT2D eigenvalue weighted by Gasteiger charge is 2.07. The summed E-state index contributed by atoms with van der Waals surface area (Å²) in [6, 6.07) is 11.3. The van der Waals surface area contributed by atoms with Crippen LogP contribution in [0, 0.1) is 20.8 Å². The minimum atomic E-state index is -0.104.